The highest BCUT2D eigenvalue weighted by atomic mass is 35.5. The first-order valence-electron chi connectivity index (χ1n) is 12.0. The van der Waals surface area contributed by atoms with Crippen LogP contribution in [-0.2, 0) is 11.3 Å². The van der Waals surface area contributed by atoms with E-state index in [1.165, 1.54) is 5.56 Å². The van der Waals surface area contributed by atoms with Gasteiger partial charge in [0.15, 0.2) is 0 Å². The van der Waals surface area contributed by atoms with Crippen LogP contribution in [0.2, 0.25) is 0 Å². The lowest BCUT2D eigenvalue weighted by molar-refractivity contribution is -0.115. The first-order chi connectivity index (χ1) is 17.1. The van der Waals surface area contributed by atoms with Gasteiger partial charge in [0.1, 0.15) is 0 Å². The molecule has 3 saturated heterocycles. The number of imide groups is 1. The molecule has 0 bridgehead atoms. The van der Waals surface area contributed by atoms with E-state index >= 15 is 0 Å². The number of amides is 3. The van der Waals surface area contributed by atoms with E-state index < -0.39 is 0 Å². The van der Waals surface area contributed by atoms with Gasteiger partial charge < -0.3 is 15.1 Å². The van der Waals surface area contributed by atoms with Crippen molar-refractivity contribution in [3.05, 3.63) is 70.1 Å². The van der Waals surface area contributed by atoms with E-state index in [2.05, 4.69) is 32.6 Å². The van der Waals surface area contributed by atoms with Crippen molar-refractivity contribution in [2.24, 2.45) is 0 Å². The van der Waals surface area contributed by atoms with Crippen LogP contribution in [0.5, 0.6) is 0 Å². The largest absolute Gasteiger partial charge is 0.367 e. The Morgan fingerprint density at radius 3 is 2.28 bits per heavy atom. The Morgan fingerprint density at radius 1 is 0.917 bits per heavy atom. The molecule has 0 radical (unpaired) electrons. The monoisotopic (exact) mass is 527 g/mol. The zero-order valence-corrected chi connectivity index (χ0v) is 21.6. The van der Waals surface area contributed by atoms with E-state index in [0.29, 0.717) is 31.1 Å². The fourth-order valence-electron chi connectivity index (χ4n) is 4.67. The second kappa shape index (κ2) is 11.9. The van der Waals surface area contributed by atoms with Crippen LogP contribution in [0, 0.1) is 0 Å². The summed E-state index contributed by atoms with van der Waals surface area (Å²) >= 11 is 0.921. The zero-order chi connectivity index (χ0) is 24.2. The predicted octanol–water partition coefficient (Wildman–Crippen LogP) is 2.80. The topological polar surface area (TPSA) is 85.0 Å². The number of hydrogen-bond donors (Lipinski definition) is 2. The number of piperazine rings is 2. The quantitative estimate of drug-likeness (QED) is 0.578. The van der Waals surface area contributed by atoms with Crippen LogP contribution in [0.15, 0.2) is 53.4 Å². The molecule has 0 aliphatic carbocycles. The highest BCUT2D eigenvalue weighted by molar-refractivity contribution is 8.18. The van der Waals surface area contributed by atoms with Gasteiger partial charge in [-0.2, -0.15) is 0 Å². The number of benzene rings is 2. The molecule has 2 N–H and O–H groups in total. The van der Waals surface area contributed by atoms with Crippen molar-refractivity contribution in [2.75, 3.05) is 57.3 Å². The molecule has 3 amide bonds. The summed E-state index contributed by atoms with van der Waals surface area (Å²) in [6.07, 6.45) is 1.76. The van der Waals surface area contributed by atoms with Crippen molar-refractivity contribution in [1.29, 1.82) is 0 Å². The number of rotatable bonds is 5. The highest BCUT2D eigenvalue weighted by Gasteiger charge is 2.27. The number of nitrogens with one attached hydrogen (secondary N) is 2. The minimum atomic E-state index is -0.357. The maximum Gasteiger partial charge on any atom is 0.290 e. The van der Waals surface area contributed by atoms with Crippen LogP contribution >= 0.6 is 24.2 Å². The summed E-state index contributed by atoms with van der Waals surface area (Å²) in [6, 6.07) is 15.9. The Labute approximate surface area is 221 Å². The first kappa shape index (κ1) is 26.2. The fraction of sp³-hybridized carbons (Fsp3) is 0.346. The van der Waals surface area contributed by atoms with Gasteiger partial charge in [-0.3, -0.25) is 24.6 Å². The Morgan fingerprint density at radius 2 is 1.61 bits per heavy atom. The molecule has 0 saturated carbocycles. The van der Waals surface area contributed by atoms with Crippen LogP contribution in [0.1, 0.15) is 21.5 Å². The van der Waals surface area contributed by atoms with Gasteiger partial charge >= 0.3 is 0 Å². The summed E-state index contributed by atoms with van der Waals surface area (Å²) in [5.74, 6) is -0.296. The molecule has 3 heterocycles. The number of halogens is 1. The van der Waals surface area contributed by atoms with Gasteiger partial charge in [0.05, 0.1) is 4.91 Å². The molecule has 3 aliphatic heterocycles. The van der Waals surface area contributed by atoms with Crippen molar-refractivity contribution in [3.63, 3.8) is 0 Å². The number of para-hydroxylation sites is 1. The summed E-state index contributed by atoms with van der Waals surface area (Å²) in [4.78, 5) is 43.5. The van der Waals surface area contributed by atoms with Crippen molar-refractivity contribution in [1.82, 2.24) is 20.4 Å². The molecule has 190 valence electrons. The van der Waals surface area contributed by atoms with Crippen LogP contribution in [0.4, 0.5) is 10.5 Å². The lowest BCUT2D eigenvalue weighted by atomic mass is 10.1. The standard InChI is InChI=1S/C26H29N5O3S.ClH/c32-24-23(35-26(34)28-24)17-21-3-1-2-4-22(21)30-13-15-31(16-14-30)25(33)20-7-5-19(6-8-20)18-29-11-9-27-10-12-29;/h1-8,17,27H,9-16,18H2,(H,28,32,34);1H. The molecule has 0 aromatic heterocycles. The average Bonchev–Trinajstić information content (AvgIpc) is 3.21. The molecule has 5 rings (SSSR count). The summed E-state index contributed by atoms with van der Waals surface area (Å²) in [6.45, 7) is 7.72. The third kappa shape index (κ3) is 6.10. The number of thioether (sulfide) groups is 1. The molecule has 0 atom stereocenters. The molecular formula is C26H30ClN5O3S. The second-order valence-corrected chi connectivity index (χ2v) is 9.93. The van der Waals surface area contributed by atoms with E-state index in [0.717, 1.165) is 61.3 Å². The first-order valence-corrected chi connectivity index (χ1v) is 12.8. The minimum absolute atomic E-state index is 0. The Kier molecular flexibility index (Phi) is 8.68. The maximum absolute atomic E-state index is 13.1. The summed E-state index contributed by atoms with van der Waals surface area (Å²) in [5, 5.41) is 5.32. The Bertz CT molecular complexity index is 1140. The van der Waals surface area contributed by atoms with Crippen molar-refractivity contribution < 1.29 is 14.4 Å². The van der Waals surface area contributed by atoms with E-state index in [1.807, 2.05) is 41.3 Å². The molecule has 10 heteroatoms. The van der Waals surface area contributed by atoms with Gasteiger partial charge in [-0.05, 0) is 47.2 Å². The molecule has 2 aromatic carbocycles. The highest BCUT2D eigenvalue weighted by Crippen LogP contribution is 2.30. The van der Waals surface area contributed by atoms with Crippen LogP contribution in [-0.4, -0.2) is 79.2 Å². The molecule has 2 aromatic rings. The third-order valence-electron chi connectivity index (χ3n) is 6.59. The Balaban J connectivity index is 0.00000304. The maximum atomic E-state index is 13.1. The number of carbonyl (C=O) groups is 3. The number of hydrogen-bond acceptors (Lipinski definition) is 7. The van der Waals surface area contributed by atoms with Crippen LogP contribution < -0.4 is 15.5 Å². The SMILES string of the molecule is Cl.O=C1NC(=O)C(=Cc2ccccc2N2CCN(C(=O)c3ccc(CN4CCNCC4)cc3)CC2)S1. The van der Waals surface area contributed by atoms with E-state index in [-0.39, 0.29) is 29.5 Å². The summed E-state index contributed by atoms with van der Waals surface area (Å²) in [7, 11) is 0. The van der Waals surface area contributed by atoms with Crippen molar-refractivity contribution in [3.8, 4) is 0 Å². The summed E-state index contributed by atoms with van der Waals surface area (Å²) in [5.41, 5.74) is 3.84. The lowest BCUT2D eigenvalue weighted by Crippen LogP contribution is -2.49. The van der Waals surface area contributed by atoms with Gasteiger partial charge in [-0.1, -0.05) is 30.3 Å². The molecular weight excluding hydrogens is 498 g/mol. The second-order valence-electron chi connectivity index (χ2n) is 8.91. The van der Waals surface area contributed by atoms with E-state index in [1.54, 1.807) is 6.08 Å². The van der Waals surface area contributed by atoms with Crippen molar-refractivity contribution >= 4 is 53.0 Å². The average molecular weight is 528 g/mol. The Hall–Kier alpha value is -2.85. The molecule has 8 nitrogen and oxygen atoms in total. The summed E-state index contributed by atoms with van der Waals surface area (Å²) < 4.78 is 0. The molecule has 3 aliphatic rings. The predicted molar refractivity (Wildman–Crippen MR) is 146 cm³/mol. The number of carbonyl (C=O) groups excluding carboxylic acids is 3. The third-order valence-corrected chi connectivity index (χ3v) is 7.40. The van der Waals surface area contributed by atoms with Crippen LogP contribution in [0.3, 0.4) is 0 Å². The molecule has 36 heavy (non-hydrogen) atoms. The van der Waals surface area contributed by atoms with Gasteiger partial charge in [0.2, 0.25) is 0 Å². The van der Waals surface area contributed by atoms with Gasteiger partial charge in [-0.15, -0.1) is 12.4 Å². The normalized spacial score (nSPS) is 19.8. The smallest absolute Gasteiger partial charge is 0.290 e. The van der Waals surface area contributed by atoms with Crippen LogP contribution in [0.25, 0.3) is 6.08 Å². The minimum Gasteiger partial charge on any atom is -0.367 e. The lowest BCUT2D eigenvalue weighted by Gasteiger charge is -2.37. The van der Waals surface area contributed by atoms with Crippen molar-refractivity contribution in [2.45, 2.75) is 6.54 Å². The fourth-order valence-corrected chi connectivity index (χ4v) is 5.35. The van der Waals surface area contributed by atoms with E-state index in [4.69, 9.17) is 0 Å². The van der Waals surface area contributed by atoms with Gasteiger partial charge in [-0.25, -0.2) is 0 Å². The van der Waals surface area contributed by atoms with Gasteiger partial charge in [0, 0.05) is 70.2 Å². The zero-order valence-electron chi connectivity index (χ0n) is 19.9. The van der Waals surface area contributed by atoms with E-state index in [9.17, 15) is 14.4 Å². The number of anilines is 1. The number of nitrogens with zero attached hydrogens (tertiary/aromatic N) is 3. The molecule has 3 fully saturated rings. The van der Waals surface area contributed by atoms with Gasteiger partial charge in [0.25, 0.3) is 17.1 Å². The molecule has 0 unspecified atom stereocenters. The molecule has 0 spiro atoms.